The molecule has 1 saturated heterocycles. The normalized spacial score (nSPS) is 18.6. The van der Waals surface area contributed by atoms with Crippen molar-refractivity contribution >= 4 is 5.97 Å². The number of hydrogen-bond acceptors (Lipinski definition) is 6. The van der Waals surface area contributed by atoms with Crippen LogP contribution < -0.4 is 5.32 Å². The highest BCUT2D eigenvalue weighted by Gasteiger charge is 2.12. The van der Waals surface area contributed by atoms with Gasteiger partial charge in [-0.15, -0.1) is 0 Å². The fourth-order valence-corrected chi connectivity index (χ4v) is 1.82. The molecule has 0 aromatic heterocycles. The molecule has 6 nitrogen and oxygen atoms in total. The van der Waals surface area contributed by atoms with Crippen molar-refractivity contribution in [3.05, 3.63) is 0 Å². The number of rotatable bonds is 8. The lowest BCUT2D eigenvalue weighted by Gasteiger charge is -2.26. The van der Waals surface area contributed by atoms with E-state index in [9.17, 15) is 9.90 Å². The molecule has 0 radical (unpaired) electrons. The van der Waals surface area contributed by atoms with Crippen LogP contribution in [0.15, 0.2) is 0 Å². The lowest BCUT2D eigenvalue weighted by Crippen LogP contribution is -2.41. The first-order chi connectivity index (χ1) is 8.72. The molecule has 1 unspecified atom stereocenters. The van der Waals surface area contributed by atoms with Crippen LogP contribution >= 0.6 is 0 Å². The monoisotopic (exact) mass is 260 g/mol. The van der Waals surface area contributed by atoms with Gasteiger partial charge in [0, 0.05) is 32.7 Å². The van der Waals surface area contributed by atoms with Gasteiger partial charge < -0.3 is 19.9 Å². The van der Waals surface area contributed by atoms with Crippen LogP contribution in [-0.4, -0.2) is 74.6 Å². The number of nitrogens with zero attached hydrogens (tertiary/aromatic N) is 1. The van der Waals surface area contributed by atoms with Crippen LogP contribution in [0.1, 0.15) is 13.3 Å². The topological polar surface area (TPSA) is 71.0 Å². The second-order valence-corrected chi connectivity index (χ2v) is 4.32. The maximum atomic E-state index is 11.1. The van der Waals surface area contributed by atoms with E-state index in [1.165, 1.54) is 0 Å². The van der Waals surface area contributed by atoms with E-state index in [1.54, 1.807) is 6.92 Å². The molecule has 2 N–H and O–H groups in total. The molecule has 1 fully saturated rings. The minimum Gasteiger partial charge on any atom is -0.466 e. The molecule has 0 aromatic carbocycles. The van der Waals surface area contributed by atoms with Crippen LogP contribution in [0.5, 0.6) is 0 Å². The first-order valence-corrected chi connectivity index (χ1v) is 6.57. The Morgan fingerprint density at radius 2 is 2.22 bits per heavy atom. The van der Waals surface area contributed by atoms with Gasteiger partial charge >= 0.3 is 5.97 Å². The second kappa shape index (κ2) is 9.27. The summed E-state index contributed by atoms with van der Waals surface area (Å²) in [5, 5.41) is 12.7. The van der Waals surface area contributed by atoms with Crippen LogP contribution in [0.3, 0.4) is 0 Å². The molecule has 0 bridgehead atoms. The number of aliphatic hydroxyl groups is 1. The standard InChI is InChI=1S/C12H24N2O4/c1-2-18-12(16)9-11(15)10-13-3-4-14-5-7-17-8-6-14/h11,13,15H,2-10H2,1H3. The number of carbonyl (C=O) groups excluding carboxylic acids is 1. The minimum absolute atomic E-state index is 0.0540. The number of ether oxygens (including phenoxy) is 2. The van der Waals surface area contributed by atoms with Crippen molar-refractivity contribution in [1.29, 1.82) is 0 Å². The zero-order valence-corrected chi connectivity index (χ0v) is 11.1. The van der Waals surface area contributed by atoms with Crippen LogP contribution in [0.4, 0.5) is 0 Å². The number of morpholine rings is 1. The van der Waals surface area contributed by atoms with Crippen LogP contribution in [0.25, 0.3) is 0 Å². The first-order valence-electron chi connectivity index (χ1n) is 6.57. The average Bonchev–Trinajstić information content (AvgIpc) is 2.36. The maximum absolute atomic E-state index is 11.1. The highest BCUT2D eigenvalue weighted by atomic mass is 16.5. The fraction of sp³-hybridized carbons (Fsp3) is 0.917. The third-order valence-electron chi connectivity index (χ3n) is 2.80. The molecule has 1 aliphatic rings. The molecule has 18 heavy (non-hydrogen) atoms. The largest absolute Gasteiger partial charge is 0.466 e. The molecular formula is C12H24N2O4. The van der Waals surface area contributed by atoms with E-state index in [0.717, 1.165) is 39.4 Å². The van der Waals surface area contributed by atoms with Gasteiger partial charge in [-0.25, -0.2) is 0 Å². The number of aliphatic hydroxyl groups excluding tert-OH is 1. The van der Waals surface area contributed by atoms with Gasteiger partial charge in [0.05, 0.1) is 32.3 Å². The Labute approximate surface area is 108 Å². The average molecular weight is 260 g/mol. The van der Waals surface area contributed by atoms with Crippen molar-refractivity contribution in [2.24, 2.45) is 0 Å². The molecular weight excluding hydrogens is 236 g/mol. The molecule has 1 aliphatic heterocycles. The van der Waals surface area contributed by atoms with Gasteiger partial charge in [-0.2, -0.15) is 0 Å². The van der Waals surface area contributed by atoms with E-state index in [-0.39, 0.29) is 12.4 Å². The maximum Gasteiger partial charge on any atom is 0.308 e. The third-order valence-corrected chi connectivity index (χ3v) is 2.80. The third kappa shape index (κ3) is 6.90. The lowest BCUT2D eigenvalue weighted by molar-refractivity contribution is -0.145. The molecule has 0 saturated carbocycles. The van der Waals surface area contributed by atoms with Gasteiger partial charge in [0.2, 0.25) is 0 Å². The van der Waals surface area contributed by atoms with Gasteiger partial charge in [-0.1, -0.05) is 0 Å². The summed E-state index contributed by atoms with van der Waals surface area (Å²) in [7, 11) is 0. The predicted molar refractivity (Wildman–Crippen MR) is 67.4 cm³/mol. The van der Waals surface area contributed by atoms with Gasteiger partial charge in [0.1, 0.15) is 0 Å². The Morgan fingerprint density at radius 3 is 2.89 bits per heavy atom. The molecule has 0 aromatic rings. The van der Waals surface area contributed by atoms with E-state index in [1.807, 2.05) is 0 Å². The predicted octanol–water partition coefficient (Wildman–Crippen LogP) is -0.778. The molecule has 106 valence electrons. The zero-order valence-electron chi connectivity index (χ0n) is 11.1. The van der Waals surface area contributed by atoms with E-state index in [4.69, 9.17) is 9.47 Å². The lowest BCUT2D eigenvalue weighted by atomic mass is 10.2. The van der Waals surface area contributed by atoms with Crippen molar-refractivity contribution in [3.8, 4) is 0 Å². The zero-order chi connectivity index (χ0) is 13.2. The summed E-state index contributed by atoms with van der Waals surface area (Å²) in [5.41, 5.74) is 0. The van der Waals surface area contributed by atoms with Gasteiger partial charge in [-0.05, 0) is 6.92 Å². The van der Waals surface area contributed by atoms with Gasteiger partial charge in [0.15, 0.2) is 0 Å². The quantitative estimate of drug-likeness (QED) is 0.441. The summed E-state index contributed by atoms with van der Waals surface area (Å²) in [6.45, 7) is 7.80. The number of nitrogens with one attached hydrogen (secondary N) is 1. The van der Waals surface area contributed by atoms with Crippen molar-refractivity contribution in [3.63, 3.8) is 0 Å². The Kier molecular flexibility index (Phi) is 7.91. The highest BCUT2D eigenvalue weighted by Crippen LogP contribution is 1.96. The van der Waals surface area contributed by atoms with E-state index in [0.29, 0.717) is 13.2 Å². The Bertz CT molecular complexity index is 232. The summed E-state index contributed by atoms with van der Waals surface area (Å²) >= 11 is 0. The van der Waals surface area contributed by atoms with Crippen LogP contribution in [0, 0.1) is 0 Å². The van der Waals surface area contributed by atoms with E-state index in [2.05, 4.69) is 10.2 Å². The molecule has 1 heterocycles. The summed E-state index contributed by atoms with van der Waals surface area (Å²) in [4.78, 5) is 13.4. The first kappa shape index (κ1) is 15.4. The number of carbonyl (C=O) groups is 1. The minimum atomic E-state index is -0.672. The SMILES string of the molecule is CCOC(=O)CC(O)CNCCN1CCOCC1. The van der Waals surface area contributed by atoms with E-state index < -0.39 is 6.10 Å². The van der Waals surface area contributed by atoms with Crippen LogP contribution in [0.2, 0.25) is 0 Å². The Balaban J connectivity index is 1.97. The van der Waals surface area contributed by atoms with E-state index >= 15 is 0 Å². The summed E-state index contributed by atoms with van der Waals surface area (Å²) in [6, 6.07) is 0. The fourth-order valence-electron chi connectivity index (χ4n) is 1.82. The molecule has 1 rings (SSSR count). The molecule has 0 spiro atoms. The van der Waals surface area contributed by atoms with Gasteiger partial charge in [-0.3, -0.25) is 9.69 Å². The van der Waals surface area contributed by atoms with Gasteiger partial charge in [0.25, 0.3) is 0 Å². The molecule has 6 heteroatoms. The number of hydrogen-bond donors (Lipinski definition) is 2. The summed E-state index contributed by atoms with van der Waals surface area (Å²) in [6.07, 6.45) is -0.619. The van der Waals surface area contributed by atoms with Crippen molar-refractivity contribution in [2.75, 3.05) is 52.5 Å². The second-order valence-electron chi connectivity index (χ2n) is 4.32. The van der Waals surface area contributed by atoms with Crippen molar-refractivity contribution < 1.29 is 19.4 Å². The van der Waals surface area contributed by atoms with Crippen molar-refractivity contribution in [1.82, 2.24) is 10.2 Å². The van der Waals surface area contributed by atoms with Crippen LogP contribution in [-0.2, 0) is 14.3 Å². The molecule has 0 aliphatic carbocycles. The Morgan fingerprint density at radius 1 is 1.50 bits per heavy atom. The molecule has 1 atom stereocenters. The summed E-state index contributed by atoms with van der Waals surface area (Å²) < 4.78 is 10.0. The molecule has 0 amide bonds. The summed E-state index contributed by atoms with van der Waals surface area (Å²) in [5.74, 6) is -0.347. The number of esters is 1. The smallest absolute Gasteiger partial charge is 0.308 e. The Hall–Kier alpha value is -0.690. The highest BCUT2D eigenvalue weighted by molar-refractivity contribution is 5.69. The van der Waals surface area contributed by atoms with Crippen molar-refractivity contribution in [2.45, 2.75) is 19.4 Å².